The van der Waals surface area contributed by atoms with Gasteiger partial charge < -0.3 is 10.4 Å². The number of carbonyl (C=O) groups is 1. The number of alkyl halides is 3. The SMILES string of the molecule is O=C(Cc1ccccc1)NC(Cc1ccc(C(F)(F)F)cc1)C(O)c1ccc(F)cc1. The largest absolute Gasteiger partial charge is 0.416 e. The van der Waals surface area contributed by atoms with Crippen LogP contribution in [0.4, 0.5) is 17.6 Å². The average Bonchev–Trinajstić information content (AvgIpc) is 2.74. The van der Waals surface area contributed by atoms with Crippen molar-refractivity contribution in [3.63, 3.8) is 0 Å². The summed E-state index contributed by atoms with van der Waals surface area (Å²) in [7, 11) is 0. The van der Waals surface area contributed by atoms with E-state index >= 15 is 0 Å². The van der Waals surface area contributed by atoms with Crippen LogP contribution in [0.2, 0.25) is 0 Å². The van der Waals surface area contributed by atoms with Crippen molar-refractivity contribution < 1.29 is 27.5 Å². The Labute approximate surface area is 177 Å². The first-order valence-corrected chi connectivity index (χ1v) is 9.65. The molecule has 0 spiro atoms. The molecule has 0 radical (unpaired) electrons. The van der Waals surface area contributed by atoms with Crippen LogP contribution >= 0.6 is 0 Å². The number of nitrogens with one attached hydrogen (secondary N) is 1. The molecule has 3 nitrogen and oxygen atoms in total. The maximum Gasteiger partial charge on any atom is 0.416 e. The summed E-state index contributed by atoms with van der Waals surface area (Å²) >= 11 is 0. The maximum absolute atomic E-state index is 13.2. The molecule has 0 aliphatic carbocycles. The van der Waals surface area contributed by atoms with E-state index in [0.717, 1.165) is 17.7 Å². The molecule has 0 saturated carbocycles. The third-order valence-electron chi connectivity index (χ3n) is 4.88. The molecule has 3 aromatic rings. The number of halogens is 4. The highest BCUT2D eigenvalue weighted by Gasteiger charge is 2.30. The average molecular weight is 431 g/mol. The number of carbonyl (C=O) groups excluding carboxylic acids is 1. The van der Waals surface area contributed by atoms with Gasteiger partial charge in [-0.2, -0.15) is 13.2 Å². The third kappa shape index (κ3) is 6.39. The van der Waals surface area contributed by atoms with E-state index in [0.29, 0.717) is 11.1 Å². The zero-order chi connectivity index (χ0) is 22.4. The van der Waals surface area contributed by atoms with Crippen molar-refractivity contribution >= 4 is 5.91 Å². The first-order valence-electron chi connectivity index (χ1n) is 9.65. The second-order valence-electron chi connectivity index (χ2n) is 7.23. The van der Waals surface area contributed by atoms with E-state index in [1.54, 1.807) is 24.3 Å². The van der Waals surface area contributed by atoms with Gasteiger partial charge in [-0.3, -0.25) is 4.79 Å². The van der Waals surface area contributed by atoms with Crippen molar-refractivity contribution in [3.8, 4) is 0 Å². The summed E-state index contributed by atoms with van der Waals surface area (Å²) < 4.78 is 51.7. The molecule has 3 rings (SSSR count). The Morgan fingerprint density at radius 1 is 0.871 bits per heavy atom. The van der Waals surface area contributed by atoms with E-state index in [2.05, 4.69) is 5.32 Å². The second-order valence-corrected chi connectivity index (χ2v) is 7.23. The molecule has 1 amide bonds. The Morgan fingerprint density at radius 2 is 1.48 bits per heavy atom. The van der Waals surface area contributed by atoms with E-state index in [1.165, 1.54) is 36.4 Å². The van der Waals surface area contributed by atoms with Gasteiger partial charge in [0.25, 0.3) is 0 Å². The number of hydrogen-bond donors (Lipinski definition) is 2. The number of benzene rings is 3. The van der Waals surface area contributed by atoms with Crippen molar-refractivity contribution in [1.29, 1.82) is 0 Å². The van der Waals surface area contributed by atoms with Crippen molar-refractivity contribution in [2.75, 3.05) is 0 Å². The molecule has 2 N–H and O–H groups in total. The normalized spacial score (nSPS) is 13.5. The van der Waals surface area contributed by atoms with E-state index in [1.807, 2.05) is 6.07 Å². The number of amides is 1. The summed E-state index contributed by atoms with van der Waals surface area (Å²) in [6, 6.07) is 17.9. The molecule has 0 aromatic heterocycles. The molecule has 2 unspecified atom stereocenters. The van der Waals surface area contributed by atoms with Gasteiger partial charge in [0.1, 0.15) is 5.82 Å². The number of hydrogen-bond acceptors (Lipinski definition) is 2. The smallest absolute Gasteiger partial charge is 0.386 e. The first kappa shape index (κ1) is 22.5. The van der Waals surface area contributed by atoms with Gasteiger partial charge in [-0.1, -0.05) is 54.6 Å². The first-order chi connectivity index (χ1) is 14.7. The third-order valence-corrected chi connectivity index (χ3v) is 4.88. The van der Waals surface area contributed by atoms with Crippen molar-refractivity contribution in [2.45, 2.75) is 31.2 Å². The summed E-state index contributed by atoms with van der Waals surface area (Å²) in [6.45, 7) is 0. The second kappa shape index (κ2) is 9.75. The fraction of sp³-hybridized carbons (Fsp3) is 0.208. The summed E-state index contributed by atoms with van der Waals surface area (Å²) in [5.74, 6) is -0.812. The van der Waals surface area contributed by atoms with E-state index in [9.17, 15) is 27.5 Å². The molecule has 0 aliphatic heterocycles. The van der Waals surface area contributed by atoms with Crippen LogP contribution in [0.15, 0.2) is 78.9 Å². The van der Waals surface area contributed by atoms with Crippen LogP contribution in [0.1, 0.15) is 28.4 Å². The molecule has 162 valence electrons. The highest BCUT2D eigenvalue weighted by atomic mass is 19.4. The minimum absolute atomic E-state index is 0.0838. The molecule has 0 bridgehead atoms. The topological polar surface area (TPSA) is 49.3 Å². The Bertz CT molecular complexity index is 987. The minimum atomic E-state index is -4.45. The summed E-state index contributed by atoms with van der Waals surface area (Å²) in [5, 5.41) is 13.6. The number of rotatable bonds is 7. The Morgan fingerprint density at radius 3 is 2.06 bits per heavy atom. The zero-order valence-electron chi connectivity index (χ0n) is 16.4. The summed E-state index contributed by atoms with van der Waals surface area (Å²) in [5.41, 5.74) is 0.905. The molecular weight excluding hydrogens is 410 g/mol. The molecule has 0 aliphatic rings. The fourth-order valence-electron chi connectivity index (χ4n) is 3.26. The van der Waals surface area contributed by atoms with Crippen LogP contribution in [-0.2, 0) is 23.8 Å². The van der Waals surface area contributed by atoms with Gasteiger partial charge in [0.15, 0.2) is 0 Å². The molecule has 0 heterocycles. The van der Waals surface area contributed by atoms with E-state index in [-0.39, 0.29) is 18.7 Å². The lowest BCUT2D eigenvalue weighted by atomic mass is 9.95. The van der Waals surface area contributed by atoms with Gasteiger partial charge >= 0.3 is 6.18 Å². The predicted molar refractivity (Wildman–Crippen MR) is 109 cm³/mol. The van der Waals surface area contributed by atoms with Crippen molar-refractivity contribution in [3.05, 3.63) is 107 Å². The highest BCUT2D eigenvalue weighted by Crippen LogP contribution is 2.29. The standard InChI is InChI=1S/C24H21F4NO2/c25-20-12-8-18(9-13-20)23(31)21(29-22(30)15-16-4-2-1-3-5-16)14-17-6-10-19(11-7-17)24(26,27)28/h1-13,21,23,31H,14-15H2,(H,29,30). The quantitative estimate of drug-likeness (QED) is 0.526. The van der Waals surface area contributed by atoms with Crippen LogP contribution in [0.25, 0.3) is 0 Å². The molecule has 7 heteroatoms. The molecule has 2 atom stereocenters. The minimum Gasteiger partial charge on any atom is -0.386 e. The van der Waals surface area contributed by atoms with E-state index in [4.69, 9.17) is 0 Å². The van der Waals surface area contributed by atoms with Gasteiger partial charge in [-0.05, 0) is 47.4 Å². The highest BCUT2D eigenvalue weighted by molar-refractivity contribution is 5.79. The molecular formula is C24H21F4NO2. The Balaban J connectivity index is 1.79. The summed E-state index contributed by atoms with van der Waals surface area (Å²) in [4.78, 5) is 12.6. The van der Waals surface area contributed by atoms with E-state index < -0.39 is 29.7 Å². The molecule has 0 fully saturated rings. The summed E-state index contributed by atoms with van der Waals surface area (Å²) in [6.07, 6.45) is -5.45. The van der Waals surface area contributed by atoms with Crippen molar-refractivity contribution in [2.24, 2.45) is 0 Å². The van der Waals surface area contributed by atoms with Crippen LogP contribution in [0.3, 0.4) is 0 Å². The van der Waals surface area contributed by atoms with Gasteiger partial charge in [0.05, 0.1) is 24.1 Å². The fourth-order valence-corrected chi connectivity index (χ4v) is 3.26. The zero-order valence-corrected chi connectivity index (χ0v) is 16.4. The van der Waals surface area contributed by atoms with Crippen molar-refractivity contribution in [1.82, 2.24) is 5.32 Å². The molecule has 31 heavy (non-hydrogen) atoms. The predicted octanol–water partition coefficient (Wildman–Crippen LogP) is 4.85. The van der Waals surface area contributed by atoms with Gasteiger partial charge in [0.2, 0.25) is 5.91 Å². The molecule has 0 saturated heterocycles. The lowest BCUT2D eigenvalue weighted by Crippen LogP contribution is -2.41. The van der Waals surface area contributed by atoms with Gasteiger partial charge in [-0.15, -0.1) is 0 Å². The molecule has 3 aromatic carbocycles. The maximum atomic E-state index is 13.2. The van der Waals surface area contributed by atoms with Crippen LogP contribution < -0.4 is 5.32 Å². The van der Waals surface area contributed by atoms with Crippen LogP contribution in [0, 0.1) is 5.82 Å². The number of aliphatic hydroxyl groups excluding tert-OH is 1. The van der Waals surface area contributed by atoms with Crippen LogP contribution in [0.5, 0.6) is 0 Å². The number of aliphatic hydroxyl groups is 1. The lowest BCUT2D eigenvalue weighted by Gasteiger charge is -2.25. The van der Waals surface area contributed by atoms with Gasteiger partial charge in [0, 0.05) is 0 Å². The Hall–Kier alpha value is -3.19. The van der Waals surface area contributed by atoms with Gasteiger partial charge in [-0.25, -0.2) is 4.39 Å². The monoisotopic (exact) mass is 431 g/mol. The van der Waals surface area contributed by atoms with Crippen LogP contribution in [-0.4, -0.2) is 17.1 Å². The lowest BCUT2D eigenvalue weighted by molar-refractivity contribution is -0.137. The Kier molecular flexibility index (Phi) is 7.07.